The molecule has 10 heteroatoms. The van der Waals surface area contributed by atoms with E-state index < -0.39 is 52.1 Å². The Kier molecular flexibility index (Phi) is 4.31. The fraction of sp³-hybridized carbons (Fsp3) is 0.0714. The van der Waals surface area contributed by atoms with Gasteiger partial charge in [-0.1, -0.05) is 12.2 Å². The Morgan fingerprint density at radius 2 is 1.21 bits per heavy atom. The van der Waals surface area contributed by atoms with Crippen LogP contribution in [0.2, 0.25) is 0 Å². The number of allylic oxidation sites excluding steroid dienone is 2. The molecule has 1 aromatic heterocycles. The van der Waals surface area contributed by atoms with E-state index >= 15 is 0 Å². The number of aromatic carboxylic acids is 4. The molecule has 124 valence electrons. The first-order valence-corrected chi connectivity index (χ1v) is 6.38. The molecule has 4 N–H and O–H groups in total. The molecule has 1 aliphatic heterocycles. The molecule has 0 unspecified atom stereocenters. The lowest BCUT2D eigenvalue weighted by Crippen LogP contribution is -2.25. The van der Waals surface area contributed by atoms with Crippen molar-refractivity contribution in [2.24, 2.45) is 0 Å². The Morgan fingerprint density at radius 3 is 1.54 bits per heavy atom. The Morgan fingerprint density at radius 1 is 0.792 bits per heavy atom. The van der Waals surface area contributed by atoms with Gasteiger partial charge in [0.15, 0.2) is 11.4 Å². The molecule has 2 heterocycles. The number of rotatable bonds is 5. The number of aromatic nitrogens is 1. The smallest absolute Gasteiger partial charge is 0.355 e. The molecule has 0 aromatic carbocycles. The van der Waals surface area contributed by atoms with Gasteiger partial charge in [-0.25, -0.2) is 24.2 Å². The maximum Gasteiger partial charge on any atom is 0.355 e. The summed E-state index contributed by atoms with van der Waals surface area (Å²) in [5, 5.41) is 37.0. The van der Waals surface area contributed by atoms with Crippen molar-refractivity contribution >= 4 is 29.6 Å². The average Bonchev–Trinajstić information content (AvgIpc) is 2.52. The fourth-order valence-corrected chi connectivity index (χ4v) is 2.17. The van der Waals surface area contributed by atoms with Gasteiger partial charge in [-0.05, 0) is 6.42 Å². The maximum atomic E-state index is 11.5. The van der Waals surface area contributed by atoms with Gasteiger partial charge in [0.2, 0.25) is 0 Å². The highest BCUT2D eigenvalue weighted by molar-refractivity contribution is 6.13. The third kappa shape index (κ3) is 2.79. The largest absolute Gasteiger partial charge is 0.478 e. The summed E-state index contributed by atoms with van der Waals surface area (Å²) in [5.74, 6) is -7.08. The van der Waals surface area contributed by atoms with E-state index in [4.69, 9.17) is 10.2 Å². The SMILES string of the molecule is O=C(O)c1nc(C(=O)O)c(C(=O)O)c(N2C=CCC=C2)c1C(=O)O. The molecule has 24 heavy (non-hydrogen) atoms. The Labute approximate surface area is 133 Å². The second-order valence-electron chi connectivity index (χ2n) is 4.54. The van der Waals surface area contributed by atoms with Crippen LogP contribution >= 0.6 is 0 Å². The van der Waals surface area contributed by atoms with Crippen LogP contribution in [-0.2, 0) is 0 Å². The van der Waals surface area contributed by atoms with E-state index in [1.165, 1.54) is 12.4 Å². The van der Waals surface area contributed by atoms with Crippen molar-refractivity contribution in [3.63, 3.8) is 0 Å². The summed E-state index contributed by atoms with van der Waals surface area (Å²) < 4.78 is 0. The summed E-state index contributed by atoms with van der Waals surface area (Å²) >= 11 is 0. The van der Waals surface area contributed by atoms with Gasteiger partial charge in [0.1, 0.15) is 11.1 Å². The number of pyridine rings is 1. The molecular formula is C14H10N2O8. The molecule has 0 spiro atoms. The predicted molar refractivity (Wildman–Crippen MR) is 77.5 cm³/mol. The Bertz CT molecular complexity index is 762. The number of nitrogens with zero attached hydrogens (tertiary/aromatic N) is 2. The fourth-order valence-electron chi connectivity index (χ4n) is 2.17. The highest BCUT2D eigenvalue weighted by atomic mass is 16.4. The normalized spacial score (nSPS) is 12.9. The molecular weight excluding hydrogens is 324 g/mol. The molecule has 0 saturated heterocycles. The van der Waals surface area contributed by atoms with E-state index in [9.17, 15) is 29.4 Å². The van der Waals surface area contributed by atoms with Crippen molar-refractivity contribution < 1.29 is 39.6 Å². The van der Waals surface area contributed by atoms with Gasteiger partial charge >= 0.3 is 23.9 Å². The zero-order chi connectivity index (χ0) is 18.0. The molecule has 0 aliphatic carbocycles. The van der Waals surface area contributed by atoms with Crippen molar-refractivity contribution in [1.29, 1.82) is 0 Å². The predicted octanol–water partition coefficient (Wildman–Crippen LogP) is 1.11. The number of hydrogen-bond donors (Lipinski definition) is 4. The lowest BCUT2D eigenvalue weighted by atomic mass is 10.0. The lowest BCUT2D eigenvalue weighted by molar-refractivity contribution is 0.0627. The topological polar surface area (TPSA) is 165 Å². The van der Waals surface area contributed by atoms with Crippen LogP contribution in [0.1, 0.15) is 48.1 Å². The van der Waals surface area contributed by atoms with Gasteiger partial charge in [0.25, 0.3) is 0 Å². The van der Waals surface area contributed by atoms with Crippen LogP contribution in [0.3, 0.4) is 0 Å². The molecule has 10 nitrogen and oxygen atoms in total. The quantitative estimate of drug-likeness (QED) is 0.612. The number of carbonyl (C=O) groups is 4. The van der Waals surface area contributed by atoms with Crippen LogP contribution in [0.15, 0.2) is 24.6 Å². The highest BCUT2D eigenvalue weighted by Gasteiger charge is 2.34. The van der Waals surface area contributed by atoms with Crippen molar-refractivity contribution in [2.45, 2.75) is 6.42 Å². The number of hydrogen-bond acceptors (Lipinski definition) is 6. The van der Waals surface area contributed by atoms with Gasteiger partial charge in [-0.3, -0.25) is 0 Å². The summed E-state index contributed by atoms with van der Waals surface area (Å²) in [6, 6.07) is 0. The number of anilines is 1. The van der Waals surface area contributed by atoms with Crippen molar-refractivity contribution in [2.75, 3.05) is 4.90 Å². The maximum absolute atomic E-state index is 11.5. The average molecular weight is 334 g/mol. The summed E-state index contributed by atoms with van der Waals surface area (Å²) in [6.45, 7) is 0. The first-order valence-electron chi connectivity index (χ1n) is 6.38. The first-order chi connectivity index (χ1) is 11.3. The Hall–Kier alpha value is -3.69. The molecule has 1 aromatic rings. The summed E-state index contributed by atoms with van der Waals surface area (Å²) in [6.07, 6.45) is 6.22. The standard InChI is InChI=1S/C14H10N2O8/c17-11(18)6-8(13(21)22)15-9(14(23)24)7(12(19)20)10(6)16-4-2-1-3-5-16/h2-5H,1H2,(H,17,18)(H,19,20)(H,21,22)(H,23,24). The van der Waals surface area contributed by atoms with E-state index in [0.29, 0.717) is 6.42 Å². The van der Waals surface area contributed by atoms with Crippen LogP contribution in [0.4, 0.5) is 5.69 Å². The molecule has 0 bridgehead atoms. The monoisotopic (exact) mass is 334 g/mol. The first kappa shape index (κ1) is 16.7. The summed E-state index contributed by atoms with van der Waals surface area (Å²) in [5.41, 5.74) is -4.55. The van der Waals surface area contributed by atoms with E-state index in [1.54, 1.807) is 12.2 Å². The zero-order valence-electron chi connectivity index (χ0n) is 11.8. The zero-order valence-corrected chi connectivity index (χ0v) is 11.8. The number of carboxylic acids is 4. The van der Waals surface area contributed by atoms with E-state index in [0.717, 1.165) is 4.90 Å². The van der Waals surface area contributed by atoms with Gasteiger partial charge in [0, 0.05) is 12.4 Å². The molecule has 0 atom stereocenters. The molecule has 2 rings (SSSR count). The molecule has 1 aliphatic rings. The minimum Gasteiger partial charge on any atom is -0.478 e. The highest BCUT2D eigenvalue weighted by Crippen LogP contribution is 2.32. The third-order valence-electron chi connectivity index (χ3n) is 3.07. The van der Waals surface area contributed by atoms with E-state index in [-0.39, 0.29) is 0 Å². The van der Waals surface area contributed by atoms with Crippen LogP contribution in [0.5, 0.6) is 0 Å². The summed E-state index contributed by atoms with van der Waals surface area (Å²) in [7, 11) is 0. The Balaban J connectivity index is 3.01. The van der Waals surface area contributed by atoms with Gasteiger partial charge in [0.05, 0.1) is 5.69 Å². The van der Waals surface area contributed by atoms with Gasteiger partial charge in [-0.15, -0.1) is 0 Å². The molecule has 0 saturated carbocycles. The van der Waals surface area contributed by atoms with Crippen LogP contribution in [0, 0.1) is 0 Å². The van der Waals surface area contributed by atoms with Gasteiger partial charge < -0.3 is 25.3 Å². The van der Waals surface area contributed by atoms with Crippen LogP contribution in [-0.4, -0.2) is 49.3 Å². The van der Waals surface area contributed by atoms with Crippen molar-refractivity contribution in [3.05, 3.63) is 47.1 Å². The third-order valence-corrected chi connectivity index (χ3v) is 3.07. The van der Waals surface area contributed by atoms with Gasteiger partial charge in [-0.2, -0.15) is 0 Å². The lowest BCUT2D eigenvalue weighted by Gasteiger charge is -2.23. The molecule has 0 radical (unpaired) electrons. The van der Waals surface area contributed by atoms with Crippen molar-refractivity contribution in [3.8, 4) is 0 Å². The summed E-state index contributed by atoms with van der Waals surface area (Å²) in [4.78, 5) is 49.9. The molecule has 0 fully saturated rings. The minimum atomic E-state index is -1.79. The second kappa shape index (κ2) is 6.20. The molecule has 0 amide bonds. The van der Waals surface area contributed by atoms with E-state index in [1.807, 2.05) is 0 Å². The van der Waals surface area contributed by atoms with Crippen LogP contribution in [0.25, 0.3) is 0 Å². The van der Waals surface area contributed by atoms with Crippen LogP contribution < -0.4 is 4.90 Å². The second-order valence-corrected chi connectivity index (χ2v) is 4.54. The van der Waals surface area contributed by atoms with Crippen molar-refractivity contribution in [1.82, 2.24) is 4.98 Å². The minimum absolute atomic E-state index is 0.490. The van der Waals surface area contributed by atoms with E-state index in [2.05, 4.69) is 4.98 Å². The number of carboxylic acid groups (broad SMARTS) is 4.